The van der Waals surface area contributed by atoms with Gasteiger partial charge < -0.3 is 11.5 Å². The molecule has 2 rings (SSSR count). The van der Waals surface area contributed by atoms with Crippen LogP contribution in [0.15, 0.2) is 46.2 Å². The summed E-state index contributed by atoms with van der Waals surface area (Å²) in [5, 5.41) is 0. The Kier molecular flexibility index (Phi) is 6.74. The molecule has 2 aromatic carbocycles. The van der Waals surface area contributed by atoms with Gasteiger partial charge in [-0.15, -0.1) is 46.4 Å². The lowest BCUT2D eigenvalue weighted by molar-refractivity contribution is 0.596. The summed E-state index contributed by atoms with van der Waals surface area (Å²) >= 11 is 22.9. The highest BCUT2D eigenvalue weighted by atomic mass is 35.5. The van der Waals surface area contributed by atoms with Gasteiger partial charge >= 0.3 is 0 Å². The van der Waals surface area contributed by atoms with E-state index in [4.69, 9.17) is 57.9 Å². The minimum Gasteiger partial charge on any atom is -0.398 e. The Labute approximate surface area is 166 Å². The number of sulfone groups is 1. The lowest BCUT2D eigenvalue weighted by Crippen LogP contribution is -2.07. The van der Waals surface area contributed by atoms with Gasteiger partial charge in [0, 0.05) is 24.2 Å². The van der Waals surface area contributed by atoms with Crippen LogP contribution in [0.25, 0.3) is 0 Å². The van der Waals surface area contributed by atoms with Crippen molar-refractivity contribution >= 4 is 67.6 Å². The molecule has 0 saturated carbocycles. The molecule has 0 aromatic heterocycles. The number of nitrogen functional groups attached to an aromatic ring is 2. The third-order valence-electron chi connectivity index (χ3n) is 3.60. The SMILES string of the molecule is Nc1cc(S(=O)(=O)c2ccc(CC(Cl)Cl)c(N)c2)ccc1CC(Cl)Cl. The van der Waals surface area contributed by atoms with Crippen molar-refractivity contribution in [2.45, 2.75) is 32.3 Å². The van der Waals surface area contributed by atoms with Crippen LogP contribution in [-0.2, 0) is 22.7 Å². The first-order valence-electron chi connectivity index (χ1n) is 7.19. The molecule has 4 nitrogen and oxygen atoms in total. The van der Waals surface area contributed by atoms with Gasteiger partial charge in [0.25, 0.3) is 0 Å². The molecular weight excluding hydrogens is 426 g/mol. The summed E-state index contributed by atoms with van der Waals surface area (Å²) < 4.78 is 25.6. The number of alkyl halides is 4. The fourth-order valence-corrected chi connectivity index (χ4v) is 4.32. The van der Waals surface area contributed by atoms with E-state index in [1.54, 1.807) is 12.1 Å². The molecule has 25 heavy (non-hydrogen) atoms. The van der Waals surface area contributed by atoms with Crippen LogP contribution >= 0.6 is 46.4 Å². The monoisotopic (exact) mass is 440 g/mol. The number of halogens is 4. The molecule has 136 valence electrons. The first-order valence-corrected chi connectivity index (χ1v) is 10.4. The lowest BCUT2D eigenvalue weighted by Gasteiger charge is -2.12. The van der Waals surface area contributed by atoms with Gasteiger partial charge in [0.2, 0.25) is 9.84 Å². The summed E-state index contributed by atoms with van der Waals surface area (Å²) in [5.41, 5.74) is 13.8. The molecule has 2 aromatic rings. The molecule has 0 aliphatic carbocycles. The molecule has 0 atom stereocenters. The number of rotatable bonds is 6. The molecule has 0 fully saturated rings. The zero-order valence-corrected chi connectivity index (χ0v) is 16.8. The highest BCUT2D eigenvalue weighted by Gasteiger charge is 2.20. The third kappa shape index (κ3) is 5.08. The molecule has 4 N–H and O–H groups in total. The average molecular weight is 442 g/mol. The van der Waals surface area contributed by atoms with Gasteiger partial charge in [-0.25, -0.2) is 8.42 Å². The number of hydrogen-bond acceptors (Lipinski definition) is 4. The number of benzene rings is 2. The second kappa shape index (κ2) is 8.23. The van der Waals surface area contributed by atoms with Crippen molar-refractivity contribution in [2.75, 3.05) is 11.5 Å². The molecule has 0 unspecified atom stereocenters. The van der Waals surface area contributed by atoms with Crippen LogP contribution in [0.1, 0.15) is 11.1 Å². The summed E-state index contributed by atoms with van der Waals surface area (Å²) in [7, 11) is -3.77. The van der Waals surface area contributed by atoms with Gasteiger partial charge in [0.15, 0.2) is 0 Å². The van der Waals surface area contributed by atoms with E-state index in [-0.39, 0.29) is 9.79 Å². The van der Waals surface area contributed by atoms with Crippen molar-refractivity contribution in [2.24, 2.45) is 0 Å². The van der Waals surface area contributed by atoms with Gasteiger partial charge in [-0.1, -0.05) is 12.1 Å². The Morgan fingerprint density at radius 3 is 1.40 bits per heavy atom. The van der Waals surface area contributed by atoms with Crippen LogP contribution in [0.2, 0.25) is 0 Å². The summed E-state index contributed by atoms with van der Waals surface area (Å²) in [6.45, 7) is 0. The van der Waals surface area contributed by atoms with Crippen LogP contribution in [0.3, 0.4) is 0 Å². The number of anilines is 2. The minimum atomic E-state index is -3.77. The average Bonchev–Trinajstić information content (AvgIpc) is 2.50. The molecular formula is C16H16Cl4N2O2S. The van der Waals surface area contributed by atoms with Crippen molar-refractivity contribution in [3.63, 3.8) is 0 Å². The van der Waals surface area contributed by atoms with Crippen LogP contribution in [0.5, 0.6) is 0 Å². The zero-order valence-electron chi connectivity index (χ0n) is 12.9. The van der Waals surface area contributed by atoms with Crippen molar-refractivity contribution in [3.8, 4) is 0 Å². The van der Waals surface area contributed by atoms with Gasteiger partial charge in [0.05, 0.1) is 9.79 Å². The summed E-state index contributed by atoms with van der Waals surface area (Å²) in [6.07, 6.45) is 0.657. The Bertz CT molecular complexity index is 805. The molecule has 0 heterocycles. The molecule has 0 radical (unpaired) electrons. The maximum Gasteiger partial charge on any atom is 0.206 e. The third-order valence-corrected chi connectivity index (χ3v) is 5.97. The van der Waals surface area contributed by atoms with Gasteiger partial charge in [-0.05, 0) is 35.4 Å². The van der Waals surface area contributed by atoms with E-state index in [9.17, 15) is 8.42 Å². The Morgan fingerprint density at radius 2 is 1.12 bits per heavy atom. The maximum atomic E-state index is 12.8. The van der Waals surface area contributed by atoms with Gasteiger partial charge in [-0.3, -0.25) is 0 Å². The van der Waals surface area contributed by atoms with E-state index in [0.29, 0.717) is 35.3 Å². The molecule has 0 amide bonds. The van der Waals surface area contributed by atoms with Crippen LogP contribution in [0.4, 0.5) is 11.4 Å². The Balaban J connectivity index is 2.38. The molecule has 0 spiro atoms. The lowest BCUT2D eigenvalue weighted by atomic mass is 10.1. The van der Waals surface area contributed by atoms with E-state index in [1.165, 1.54) is 24.3 Å². The Hall–Kier alpha value is -0.850. The topological polar surface area (TPSA) is 86.2 Å². The second-order valence-corrected chi connectivity index (χ2v) is 9.92. The summed E-state index contributed by atoms with van der Waals surface area (Å²) in [5.74, 6) is 0. The molecule has 0 aliphatic rings. The van der Waals surface area contributed by atoms with Crippen molar-refractivity contribution < 1.29 is 8.42 Å². The van der Waals surface area contributed by atoms with E-state index in [2.05, 4.69) is 0 Å². The first-order chi connectivity index (χ1) is 11.6. The van der Waals surface area contributed by atoms with Crippen molar-refractivity contribution in [1.29, 1.82) is 0 Å². The first kappa shape index (κ1) is 20.5. The largest absolute Gasteiger partial charge is 0.398 e. The zero-order chi connectivity index (χ0) is 18.8. The molecule has 0 aliphatic heterocycles. The van der Waals surface area contributed by atoms with Gasteiger partial charge in [-0.2, -0.15) is 0 Å². The maximum absolute atomic E-state index is 12.8. The van der Waals surface area contributed by atoms with E-state index >= 15 is 0 Å². The van der Waals surface area contributed by atoms with Crippen LogP contribution < -0.4 is 11.5 Å². The normalized spacial score (nSPS) is 12.1. The predicted octanol–water partition coefficient (Wildman–Crippen LogP) is 4.38. The smallest absolute Gasteiger partial charge is 0.206 e. The standard InChI is InChI=1S/C16H16Cl4N2O2S/c17-15(18)5-9-1-3-11(7-13(9)21)25(23,24)12-4-2-10(6-16(19)20)14(22)8-12/h1-4,7-8,15-16H,5-6,21-22H2. The Morgan fingerprint density at radius 1 is 0.760 bits per heavy atom. The molecule has 0 saturated heterocycles. The minimum absolute atomic E-state index is 0.0640. The van der Waals surface area contributed by atoms with E-state index in [0.717, 1.165) is 0 Å². The fourth-order valence-electron chi connectivity index (χ4n) is 2.32. The molecule has 9 heteroatoms. The van der Waals surface area contributed by atoms with Crippen LogP contribution in [-0.4, -0.2) is 18.1 Å². The van der Waals surface area contributed by atoms with E-state index < -0.39 is 19.5 Å². The fraction of sp³-hybridized carbons (Fsp3) is 0.250. The second-order valence-electron chi connectivity index (χ2n) is 5.42. The predicted molar refractivity (Wildman–Crippen MR) is 106 cm³/mol. The number of nitrogens with two attached hydrogens (primary N) is 2. The highest BCUT2D eigenvalue weighted by Crippen LogP contribution is 2.29. The quantitative estimate of drug-likeness (QED) is 0.514. The summed E-state index contributed by atoms with van der Waals surface area (Å²) in [6, 6.07) is 8.91. The highest BCUT2D eigenvalue weighted by molar-refractivity contribution is 7.91. The summed E-state index contributed by atoms with van der Waals surface area (Å²) in [4.78, 5) is -1.11. The van der Waals surface area contributed by atoms with Crippen LogP contribution in [0, 0.1) is 0 Å². The van der Waals surface area contributed by atoms with Gasteiger partial charge in [0.1, 0.15) is 9.67 Å². The van der Waals surface area contributed by atoms with Crippen molar-refractivity contribution in [3.05, 3.63) is 47.5 Å². The molecule has 0 bridgehead atoms. The van der Waals surface area contributed by atoms with Crippen molar-refractivity contribution in [1.82, 2.24) is 0 Å². The van der Waals surface area contributed by atoms with E-state index in [1.807, 2.05) is 0 Å². The number of hydrogen-bond donors (Lipinski definition) is 2.